The fourth-order valence-corrected chi connectivity index (χ4v) is 2.68. The van der Waals surface area contributed by atoms with Gasteiger partial charge in [0.1, 0.15) is 0 Å². The molecule has 23 heavy (non-hydrogen) atoms. The summed E-state index contributed by atoms with van der Waals surface area (Å²) in [6.45, 7) is 8.85. The van der Waals surface area contributed by atoms with E-state index < -0.39 is 0 Å². The van der Waals surface area contributed by atoms with Gasteiger partial charge in [-0.15, -0.1) is 5.73 Å². The summed E-state index contributed by atoms with van der Waals surface area (Å²) in [4.78, 5) is 0. The first kappa shape index (κ1) is 16.8. The van der Waals surface area contributed by atoms with Crippen molar-refractivity contribution in [2.75, 3.05) is 0 Å². The fraction of sp³-hybridized carbons (Fsp3) is 0.273. The second kappa shape index (κ2) is 7.14. The average molecular weight is 301 g/mol. The summed E-state index contributed by atoms with van der Waals surface area (Å²) < 4.78 is 0. The number of allylic oxidation sites excluding steroid dienone is 1. The summed E-state index contributed by atoms with van der Waals surface area (Å²) in [7, 11) is 0. The summed E-state index contributed by atoms with van der Waals surface area (Å²) in [6, 6.07) is 20.2. The number of rotatable bonds is 3. The molecule has 0 bridgehead atoms. The predicted molar refractivity (Wildman–Crippen MR) is 96.9 cm³/mol. The summed E-state index contributed by atoms with van der Waals surface area (Å²) in [6.07, 6.45) is 1.000. The molecule has 2 rings (SSSR count). The lowest BCUT2D eigenvalue weighted by Crippen LogP contribution is -2.04. The lowest BCUT2D eigenvalue weighted by Gasteiger charge is -2.17. The van der Waals surface area contributed by atoms with Gasteiger partial charge in [-0.1, -0.05) is 63.2 Å². The van der Waals surface area contributed by atoms with Crippen LogP contribution < -0.4 is 0 Å². The number of nitrogens with zero attached hydrogens (tertiary/aromatic N) is 1. The highest BCUT2D eigenvalue weighted by molar-refractivity contribution is 5.79. The Morgan fingerprint density at radius 3 is 2.00 bits per heavy atom. The first-order valence-corrected chi connectivity index (χ1v) is 7.91. The van der Waals surface area contributed by atoms with E-state index in [9.17, 15) is 0 Å². The van der Waals surface area contributed by atoms with Crippen molar-refractivity contribution in [3.05, 3.63) is 82.6 Å². The highest BCUT2D eigenvalue weighted by Crippen LogP contribution is 2.27. The van der Waals surface area contributed by atoms with Gasteiger partial charge in [0.25, 0.3) is 0 Å². The molecular formula is C22H23N. The highest BCUT2D eigenvalue weighted by atomic mass is 14.2. The van der Waals surface area contributed by atoms with Crippen LogP contribution in [0, 0.1) is 16.7 Å². The molecule has 0 aliphatic rings. The average Bonchev–Trinajstić information content (AvgIpc) is 2.52. The number of nitriles is 1. The SMILES string of the molecule is CC(=C=C(c1ccccc1)c1ccc(C#N)cc1)CC(C)(C)C. The normalized spacial score (nSPS) is 10.6. The van der Waals surface area contributed by atoms with E-state index in [1.807, 2.05) is 42.5 Å². The van der Waals surface area contributed by atoms with Gasteiger partial charge in [-0.3, -0.25) is 0 Å². The van der Waals surface area contributed by atoms with E-state index in [1.165, 1.54) is 5.57 Å². The van der Waals surface area contributed by atoms with Crippen molar-refractivity contribution in [2.24, 2.45) is 5.41 Å². The molecule has 0 spiro atoms. The van der Waals surface area contributed by atoms with Crippen LogP contribution in [0.2, 0.25) is 0 Å². The van der Waals surface area contributed by atoms with E-state index in [0.29, 0.717) is 5.56 Å². The Hall–Kier alpha value is -2.55. The number of hydrogen-bond acceptors (Lipinski definition) is 1. The Bertz CT molecular complexity index is 759. The fourth-order valence-electron chi connectivity index (χ4n) is 2.68. The van der Waals surface area contributed by atoms with E-state index >= 15 is 0 Å². The quantitative estimate of drug-likeness (QED) is 0.640. The standard InChI is InChI=1S/C22H23N/c1-17(15-22(2,3)4)14-21(19-8-6-5-7-9-19)20-12-10-18(16-23)11-13-20/h5-13H,15H2,1-4H3. The molecule has 1 heteroatoms. The monoisotopic (exact) mass is 301 g/mol. The van der Waals surface area contributed by atoms with Crippen molar-refractivity contribution in [3.63, 3.8) is 0 Å². The van der Waals surface area contributed by atoms with Crippen LogP contribution in [-0.4, -0.2) is 0 Å². The van der Waals surface area contributed by atoms with E-state index in [0.717, 1.165) is 23.1 Å². The topological polar surface area (TPSA) is 23.8 Å². The van der Waals surface area contributed by atoms with Crippen LogP contribution >= 0.6 is 0 Å². The highest BCUT2D eigenvalue weighted by Gasteiger charge is 2.11. The van der Waals surface area contributed by atoms with Gasteiger partial charge >= 0.3 is 0 Å². The zero-order valence-electron chi connectivity index (χ0n) is 14.4. The molecule has 2 aromatic rings. The van der Waals surface area contributed by atoms with Crippen molar-refractivity contribution < 1.29 is 0 Å². The molecule has 0 heterocycles. The molecule has 0 aromatic heterocycles. The minimum absolute atomic E-state index is 0.240. The summed E-state index contributed by atoms with van der Waals surface area (Å²) >= 11 is 0. The van der Waals surface area contributed by atoms with Crippen LogP contribution in [0.3, 0.4) is 0 Å². The van der Waals surface area contributed by atoms with Crippen molar-refractivity contribution >= 4 is 5.57 Å². The summed E-state index contributed by atoms with van der Waals surface area (Å²) in [5.41, 5.74) is 9.06. The van der Waals surface area contributed by atoms with Crippen LogP contribution in [0.5, 0.6) is 0 Å². The first-order valence-electron chi connectivity index (χ1n) is 7.91. The molecule has 2 aromatic carbocycles. The van der Waals surface area contributed by atoms with Crippen molar-refractivity contribution in [2.45, 2.75) is 34.1 Å². The molecule has 0 amide bonds. The third-order valence-corrected chi connectivity index (χ3v) is 3.50. The first-order chi connectivity index (χ1) is 10.9. The van der Waals surface area contributed by atoms with Gasteiger partial charge in [-0.2, -0.15) is 5.26 Å². The second-order valence-corrected chi connectivity index (χ2v) is 7.07. The Morgan fingerprint density at radius 1 is 0.913 bits per heavy atom. The van der Waals surface area contributed by atoms with Gasteiger partial charge in [0.2, 0.25) is 0 Å². The third-order valence-electron chi connectivity index (χ3n) is 3.50. The smallest absolute Gasteiger partial charge is 0.0991 e. The van der Waals surface area contributed by atoms with Gasteiger partial charge in [0.15, 0.2) is 0 Å². The van der Waals surface area contributed by atoms with Gasteiger partial charge in [0, 0.05) is 5.57 Å². The molecule has 0 aliphatic heterocycles. The van der Waals surface area contributed by atoms with E-state index in [-0.39, 0.29) is 5.41 Å². The van der Waals surface area contributed by atoms with Gasteiger partial charge < -0.3 is 0 Å². The molecule has 0 atom stereocenters. The van der Waals surface area contributed by atoms with Gasteiger partial charge in [-0.05, 0) is 47.6 Å². The second-order valence-electron chi connectivity index (χ2n) is 7.07. The van der Waals surface area contributed by atoms with Gasteiger partial charge in [0.05, 0.1) is 11.6 Å². The van der Waals surface area contributed by atoms with Crippen LogP contribution in [0.15, 0.2) is 65.9 Å². The maximum Gasteiger partial charge on any atom is 0.0991 e. The van der Waals surface area contributed by atoms with Crippen LogP contribution in [0.25, 0.3) is 5.57 Å². The largest absolute Gasteiger partial charge is 0.192 e. The van der Waals surface area contributed by atoms with Gasteiger partial charge in [-0.25, -0.2) is 0 Å². The predicted octanol–water partition coefficient (Wildman–Crippen LogP) is 5.97. The molecular weight excluding hydrogens is 278 g/mol. The molecule has 0 fully saturated rings. The van der Waals surface area contributed by atoms with Crippen LogP contribution in [-0.2, 0) is 0 Å². The molecule has 0 N–H and O–H groups in total. The van der Waals surface area contributed by atoms with Crippen molar-refractivity contribution in [3.8, 4) is 6.07 Å². The zero-order chi connectivity index (χ0) is 16.9. The minimum Gasteiger partial charge on any atom is -0.192 e. The van der Waals surface area contributed by atoms with E-state index in [4.69, 9.17) is 5.26 Å². The number of benzene rings is 2. The maximum atomic E-state index is 8.98. The molecule has 0 saturated carbocycles. The van der Waals surface area contributed by atoms with Crippen molar-refractivity contribution in [1.82, 2.24) is 0 Å². The molecule has 116 valence electrons. The zero-order valence-corrected chi connectivity index (χ0v) is 14.4. The Kier molecular flexibility index (Phi) is 5.22. The molecule has 0 unspecified atom stereocenters. The maximum absolute atomic E-state index is 8.98. The van der Waals surface area contributed by atoms with Crippen molar-refractivity contribution in [1.29, 1.82) is 5.26 Å². The molecule has 0 saturated heterocycles. The lowest BCUT2D eigenvalue weighted by molar-refractivity contribution is 0.410. The molecule has 0 radical (unpaired) electrons. The Morgan fingerprint density at radius 2 is 1.48 bits per heavy atom. The van der Waals surface area contributed by atoms with E-state index in [2.05, 4.69) is 51.6 Å². The minimum atomic E-state index is 0.240. The van der Waals surface area contributed by atoms with Crippen LogP contribution in [0.4, 0.5) is 0 Å². The Balaban J connectivity index is 2.57. The number of hydrogen-bond donors (Lipinski definition) is 0. The lowest BCUT2D eigenvalue weighted by atomic mass is 9.88. The third kappa shape index (κ3) is 4.99. The van der Waals surface area contributed by atoms with Crippen LogP contribution in [0.1, 0.15) is 50.8 Å². The Labute approximate surface area is 139 Å². The van der Waals surface area contributed by atoms with E-state index in [1.54, 1.807) is 0 Å². The molecule has 1 nitrogen and oxygen atoms in total. The molecule has 0 aliphatic carbocycles. The summed E-state index contributed by atoms with van der Waals surface area (Å²) in [5, 5.41) is 8.98. The summed E-state index contributed by atoms with van der Waals surface area (Å²) in [5.74, 6) is 0.